The summed E-state index contributed by atoms with van der Waals surface area (Å²) in [5.74, 6) is -0.663. The van der Waals surface area contributed by atoms with Crippen molar-refractivity contribution in [2.75, 3.05) is 11.6 Å². The van der Waals surface area contributed by atoms with Gasteiger partial charge in [0.15, 0.2) is 9.84 Å². The lowest BCUT2D eigenvalue weighted by molar-refractivity contribution is -0.121. The summed E-state index contributed by atoms with van der Waals surface area (Å²) in [6, 6.07) is 3.71. The van der Waals surface area contributed by atoms with Gasteiger partial charge in [-0.2, -0.15) is 0 Å². The zero-order valence-corrected chi connectivity index (χ0v) is 12.6. The Balaban J connectivity index is 3.13. The van der Waals surface area contributed by atoms with E-state index in [1.165, 1.54) is 18.2 Å². The third-order valence-corrected chi connectivity index (χ3v) is 4.47. The fraction of sp³-hybridized carbons (Fsp3) is 0.462. The zero-order chi connectivity index (χ0) is 15.6. The van der Waals surface area contributed by atoms with Gasteiger partial charge >= 0.3 is 0 Å². The Hall–Kier alpha value is -1.60. The molecule has 0 aliphatic carbocycles. The lowest BCUT2D eigenvalue weighted by Crippen LogP contribution is -2.50. The van der Waals surface area contributed by atoms with Gasteiger partial charge in [0.25, 0.3) is 0 Å². The van der Waals surface area contributed by atoms with E-state index in [1.54, 1.807) is 13.8 Å². The minimum Gasteiger partial charge on any atom is -0.506 e. The first-order valence-electron chi connectivity index (χ1n) is 6.27. The molecule has 7 heteroatoms. The molecule has 1 aromatic carbocycles. The number of nitrogens with one attached hydrogen (secondary N) is 1. The summed E-state index contributed by atoms with van der Waals surface area (Å²) in [6.07, 6.45) is 1.92. The van der Waals surface area contributed by atoms with Crippen LogP contribution in [0.1, 0.15) is 26.7 Å². The van der Waals surface area contributed by atoms with Crippen molar-refractivity contribution in [3.8, 4) is 5.75 Å². The molecule has 0 fully saturated rings. The van der Waals surface area contributed by atoms with Crippen LogP contribution in [0.3, 0.4) is 0 Å². The summed E-state index contributed by atoms with van der Waals surface area (Å²) in [5.41, 5.74) is 4.94. The van der Waals surface area contributed by atoms with Crippen LogP contribution in [0.25, 0.3) is 0 Å². The SMILES string of the molecule is CCC(N)(CC)C(=O)Nc1cc(S(C)(=O)=O)ccc1O. The van der Waals surface area contributed by atoms with Crippen molar-refractivity contribution >= 4 is 21.4 Å². The molecule has 0 saturated heterocycles. The lowest BCUT2D eigenvalue weighted by Gasteiger charge is -2.25. The van der Waals surface area contributed by atoms with Gasteiger partial charge in [-0.15, -0.1) is 0 Å². The summed E-state index contributed by atoms with van der Waals surface area (Å²) < 4.78 is 22.9. The van der Waals surface area contributed by atoms with Crippen molar-refractivity contribution < 1.29 is 18.3 Å². The molecule has 1 rings (SSSR count). The third kappa shape index (κ3) is 3.49. The van der Waals surface area contributed by atoms with Gasteiger partial charge in [0.05, 0.1) is 16.1 Å². The van der Waals surface area contributed by atoms with Gasteiger partial charge < -0.3 is 16.2 Å². The van der Waals surface area contributed by atoms with Crippen LogP contribution in [0.15, 0.2) is 23.1 Å². The monoisotopic (exact) mass is 300 g/mol. The van der Waals surface area contributed by atoms with Crippen LogP contribution in [0.5, 0.6) is 5.75 Å². The maximum atomic E-state index is 12.1. The number of phenolic OH excluding ortho intramolecular Hbond substituents is 1. The van der Waals surface area contributed by atoms with E-state index in [0.29, 0.717) is 12.8 Å². The second kappa shape index (κ2) is 5.80. The number of benzene rings is 1. The van der Waals surface area contributed by atoms with E-state index in [4.69, 9.17) is 5.73 Å². The molecule has 6 nitrogen and oxygen atoms in total. The van der Waals surface area contributed by atoms with Crippen LogP contribution in [0.4, 0.5) is 5.69 Å². The Morgan fingerprint density at radius 1 is 1.35 bits per heavy atom. The minimum atomic E-state index is -3.42. The third-order valence-electron chi connectivity index (χ3n) is 3.36. The highest BCUT2D eigenvalue weighted by Gasteiger charge is 2.30. The molecular formula is C13H20N2O4S. The molecule has 0 saturated carbocycles. The van der Waals surface area contributed by atoms with Gasteiger partial charge in [-0.1, -0.05) is 13.8 Å². The quantitative estimate of drug-likeness (QED) is 0.709. The number of carbonyl (C=O) groups is 1. The molecule has 112 valence electrons. The van der Waals surface area contributed by atoms with Gasteiger partial charge in [0, 0.05) is 6.26 Å². The number of phenols is 1. The first-order chi connectivity index (χ1) is 9.14. The first-order valence-corrected chi connectivity index (χ1v) is 8.16. The molecule has 0 aliphatic heterocycles. The van der Waals surface area contributed by atoms with Crippen molar-refractivity contribution in [3.05, 3.63) is 18.2 Å². The molecule has 0 unspecified atom stereocenters. The maximum Gasteiger partial charge on any atom is 0.244 e. The Morgan fingerprint density at radius 2 is 1.90 bits per heavy atom. The fourth-order valence-electron chi connectivity index (χ4n) is 1.66. The molecule has 0 heterocycles. The number of rotatable bonds is 5. The second-order valence-corrected chi connectivity index (χ2v) is 6.78. The van der Waals surface area contributed by atoms with E-state index in [9.17, 15) is 18.3 Å². The van der Waals surface area contributed by atoms with Crippen LogP contribution in [-0.2, 0) is 14.6 Å². The molecule has 20 heavy (non-hydrogen) atoms. The van der Waals surface area contributed by atoms with Crippen molar-refractivity contribution in [2.45, 2.75) is 37.1 Å². The van der Waals surface area contributed by atoms with Gasteiger partial charge in [0.1, 0.15) is 5.75 Å². The number of carbonyl (C=O) groups excluding carboxylic acids is 1. The van der Waals surface area contributed by atoms with Crippen molar-refractivity contribution in [2.24, 2.45) is 5.73 Å². The highest BCUT2D eigenvalue weighted by atomic mass is 32.2. The smallest absolute Gasteiger partial charge is 0.244 e. The Kier molecular flexibility index (Phi) is 4.77. The molecule has 0 spiro atoms. The Bertz CT molecular complexity index is 607. The van der Waals surface area contributed by atoms with E-state index in [0.717, 1.165) is 6.26 Å². The molecule has 0 bridgehead atoms. The summed E-state index contributed by atoms with van der Waals surface area (Å²) in [6.45, 7) is 3.58. The van der Waals surface area contributed by atoms with Gasteiger partial charge in [-0.3, -0.25) is 4.79 Å². The minimum absolute atomic E-state index is 0.0150. The van der Waals surface area contributed by atoms with Crippen molar-refractivity contribution in [1.29, 1.82) is 0 Å². The largest absolute Gasteiger partial charge is 0.506 e. The summed E-state index contributed by atoms with van der Waals surface area (Å²) in [5, 5.41) is 12.2. The van der Waals surface area contributed by atoms with E-state index < -0.39 is 21.3 Å². The van der Waals surface area contributed by atoms with Crippen LogP contribution in [0.2, 0.25) is 0 Å². The molecule has 0 atom stereocenters. The number of amides is 1. The lowest BCUT2D eigenvalue weighted by atomic mass is 9.93. The molecule has 1 amide bonds. The molecule has 0 radical (unpaired) electrons. The molecular weight excluding hydrogens is 280 g/mol. The Labute approximate surface area is 118 Å². The Morgan fingerprint density at radius 3 is 2.35 bits per heavy atom. The normalized spacial score (nSPS) is 12.2. The van der Waals surface area contributed by atoms with Gasteiger partial charge in [-0.25, -0.2) is 8.42 Å². The number of hydrogen-bond acceptors (Lipinski definition) is 5. The fourth-order valence-corrected chi connectivity index (χ4v) is 2.31. The number of aromatic hydroxyl groups is 1. The molecule has 1 aromatic rings. The predicted molar refractivity (Wildman–Crippen MR) is 77.3 cm³/mol. The van der Waals surface area contributed by atoms with E-state index >= 15 is 0 Å². The summed E-state index contributed by atoms with van der Waals surface area (Å²) >= 11 is 0. The van der Waals surface area contributed by atoms with Gasteiger partial charge in [0.2, 0.25) is 5.91 Å². The number of sulfone groups is 1. The number of anilines is 1. The van der Waals surface area contributed by atoms with Crippen molar-refractivity contribution in [1.82, 2.24) is 0 Å². The summed E-state index contributed by atoms with van der Waals surface area (Å²) in [4.78, 5) is 12.1. The standard InChI is InChI=1S/C13H20N2O4S/c1-4-13(14,5-2)12(17)15-10-8-9(20(3,18)19)6-7-11(10)16/h6-8,16H,4-5,14H2,1-3H3,(H,15,17). The van der Waals surface area contributed by atoms with Crippen molar-refractivity contribution in [3.63, 3.8) is 0 Å². The average molecular weight is 300 g/mol. The van der Waals surface area contributed by atoms with E-state index in [2.05, 4.69) is 5.32 Å². The highest BCUT2D eigenvalue weighted by molar-refractivity contribution is 7.90. The average Bonchev–Trinajstić information content (AvgIpc) is 2.38. The van der Waals surface area contributed by atoms with Gasteiger partial charge in [-0.05, 0) is 31.0 Å². The van der Waals surface area contributed by atoms with E-state index in [-0.39, 0.29) is 16.3 Å². The number of nitrogens with two attached hydrogens (primary N) is 1. The zero-order valence-electron chi connectivity index (χ0n) is 11.8. The summed E-state index contributed by atoms with van der Waals surface area (Å²) in [7, 11) is -3.42. The number of hydrogen-bond donors (Lipinski definition) is 3. The molecule has 0 aromatic heterocycles. The molecule has 4 N–H and O–H groups in total. The van der Waals surface area contributed by atoms with Crippen LogP contribution >= 0.6 is 0 Å². The first kappa shape index (κ1) is 16.5. The van der Waals surface area contributed by atoms with Crippen LogP contribution in [0, 0.1) is 0 Å². The topological polar surface area (TPSA) is 109 Å². The predicted octanol–water partition coefficient (Wildman–Crippen LogP) is 1.25. The second-order valence-electron chi connectivity index (χ2n) is 4.77. The molecule has 0 aliphatic rings. The van der Waals surface area contributed by atoms with Crippen LogP contribution in [-0.4, -0.2) is 31.2 Å². The van der Waals surface area contributed by atoms with E-state index in [1.807, 2.05) is 0 Å². The highest BCUT2D eigenvalue weighted by Crippen LogP contribution is 2.27. The maximum absolute atomic E-state index is 12.1. The van der Waals surface area contributed by atoms with Crippen LogP contribution < -0.4 is 11.1 Å².